The summed E-state index contributed by atoms with van der Waals surface area (Å²) in [4.78, 5) is 14.9. The van der Waals surface area contributed by atoms with E-state index in [4.69, 9.17) is 27.3 Å². The van der Waals surface area contributed by atoms with Crippen LogP contribution >= 0.6 is 22.7 Å². The van der Waals surface area contributed by atoms with Crippen LogP contribution in [0.1, 0.15) is 12.3 Å². The summed E-state index contributed by atoms with van der Waals surface area (Å²) in [5.41, 5.74) is 5.56. The van der Waals surface area contributed by atoms with Crippen molar-refractivity contribution in [2.24, 2.45) is 0 Å². The Bertz CT molecular complexity index is 3720. The number of benzene rings is 8. The van der Waals surface area contributed by atoms with E-state index in [9.17, 15) is 0 Å². The van der Waals surface area contributed by atoms with Crippen molar-refractivity contribution < 1.29 is 12.3 Å². The fourth-order valence-corrected chi connectivity index (χ4v) is 9.51. The topological polar surface area (TPSA) is 38.7 Å². The molecule has 0 aliphatic heterocycles. The van der Waals surface area contributed by atoms with Crippen molar-refractivity contribution in [2.45, 2.75) is 0 Å². The molecule has 0 spiro atoms. The standard InChI is InChI=1S/C49H29N3S2/c1-3-11-30(12-4-1)36-17-10-20-42-44(36)41-28-26-35(29-43(41)53-42)49-51-47(33-14-5-2-6-15-33)50-48(52-49)34-23-21-32(22-24-34)38-18-9-19-39-40-27-25-31-13-7-8-16-37(31)46(40)54-45(38)39/h1-29H/i7D,8D,9D,13D,16D,18D,19D,25D,27D. The Balaban J connectivity index is 1.06. The zero-order valence-electron chi connectivity index (χ0n) is 37.2. The largest absolute Gasteiger partial charge is 0.208 e. The maximum Gasteiger partial charge on any atom is 0.164 e. The Morgan fingerprint density at radius 3 is 1.81 bits per heavy atom. The summed E-state index contributed by atoms with van der Waals surface area (Å²) < 4.78 is 81.7. The van der Waals surface area contributed by atoms with Gasteiger partial charge in [-0.05, 0) is 45.2 Å². The van der Waals surface area contributed by atoms with Gasteiger partial charge in [-0.25, -0.2) is 15.0 Å². The molecule has 0 unspecified atom stereocenters. The summed E-state index contributed by atoms with van der Waals surface area (Å²) in [6.45, 7) is 0. The Kier molecular flexibility index (Phi) is 5.40. The van der Waals surface area contributed by atoms with Gasteiger partial charge in [-0.2, -0.15) is 0 Å². The van der Waals surface area contributed by atoms with Gasteiger partial charge in [0.15, 0.2) is 17.5 Å². The average Bonchev–Trinajstić information content (AvgIpc) is 3.90. The first-order chi connectivity index (χ1) is 30.5. The second-order valence-electron chi connectivity index (χ2n) is 12.9. The first-order valence-electron chi connectivity index (χ1n) is 21.8. The molecule has 0 saturated carbocycles. The van der Waals surface area contributed by atoms with E-state index in [1.54, 1.807) is 23.5 Å². The van der Waals surface area contributed by atoms with Crippen molar-refractivity contribution in [1.29, 1.82) is 0 Å². The van der Waals surface area contributed by atoms with Crippen molar-refractivity contribution in [3.05, 3.63) is 176 Å². The molecule has 5 heteroatoms. The van der Waals surface area contributed by atoms with Gasteiger partial charge in [0.05, 0.1) is 12.3 Å². The Labute approximate surface area is 332 Å². The number of aromatic nitrogens is 3. The highest BCUT2D eigenvalue weighted by molar-refractivity contribution is 7.27. The van der Waals surface area contributed by atoms with E-state index in [1.807, 2.05) is 54.6 Å². The molecule has 3 nitrogen and oxygen atoms in total. The summed E-state index contributed by atoms with van der Waals surface area (Å²) in [7, 11) is 0. The highest BCUT2D eigenvalue weighted by Gasteiger charge is 2.17. The average molecular weight is 733 g/mol. The van der Waals surface area contributed by atoms with Gasteiger partial charge in [-0.15, -0.1) is 22.7 Å². The molecule has 54 heavy (non-hydrogen) atoms. The summed E-state index contributed by atoms with van der Waals surface area (Å²) in [6, 6.07) is 36.8. The molecule has 0 saturated heterocycles. The van der Waals surface area contributed by atoms with E-state index in [-0.39, 0.29) is 57.8 Å². The number of rotatable bonds is 5. The molecule has 11 aromatic rings. The van der Waals surface area contributed by atoms with Gasteiger partial charge in [0.1, 0.15) is 0 Å². The van der Waals surface area contributed by atoms with E-state index in [2.05, 4.69) is 54.6 Å². The molecule has 0 fully saturated rings. The smallest absolute Gasteiger partial charge is 0.164 e. The first kappa shape index (κ1) is 23.2. The molecule has 0 bridgehead atoms. The zero-order chi connectivity index (χ0) is 43.4. The van der Waals surface area contributed by atoms with E-state index in [1.165, 1.54) is 15.6 Å². The molecule has 3 heterocycles. The second kappa shape index (κ2) is 12.6. The lowest BCUT2D eigenvalue weighted by atomic mass is 9.99. The highest BCUT2D eigenvalue weighted by atomic mass is 32.1. The molecule has 0 N–H and O–H groups in total. The molecule has 8 aromatic carbocycles. The second-order valence-corrected chi connectivity index (χ2v) is 15.0. The molecule has 0 aliphatic rings. The number of nitrogens with zero attached hydrogens (tertiary/aromatic N) is 3. The van der Waals surface area contributed by atoms with Crippen molar-refractivity contribution in [3.8, 4) is 56.4 Å². The molecular weight excluding hydrogens is 695 g/mol. The summed E-state index contributed by atoms with van der Waals surface area (Å²) in [5, 5.41) is 2.72. The van der Waals surface area contributed by atoms with Gasteiger partial charge in [-0.3, -0.25) is 0 Å². The van der Waals surface area contributed by atoms with Crippen LogP contribution in [0.4, 0.5) is 0 Å². The lowest BCUT2D eigenvalue weighted by Gasteiger charge is -2.10. The Hall–Kier alpha value is -6.53. The fraction of sp³-hybridized carbons (Fsp3) is 0. The Morgan fingerprint density at radius 1 is 0.389 bits per heavy atom. The zero-order valence-corrected chi connectivity index (χ0v) is 29.8. The molecule has 11 rings (SSSR count). The van der Waals surface area contributed by atoms with Gasteiger partial charge < -0.3 is 0 Å². The molecule has 3 aromatic heterocycles. The van der Waals surface area contributed by atoms with Crippen LogP contribution in [-0.4, -0.2) is 15.0 Å². The minimum Gasteiger partial charge on any atom is -0.208 e. The van der Waals surface area contributed by atoms with Crippen LogP contribution in [0.2, 0.25) is 0 Å². The van der Waals surface area contributed by atoms with Crippen LogP contribution in [0.25, 0.3) is 108 Å². The molecule has 252 valence electrons. The van der Waals surface area contributed by atoms with Crippen LogP contribution in [-0.2, 0) is 0 Å². The van der Waals surface area contributed by atoms with E-state index < -0.39 is 18.1 Å². The minimum atomic E-state index is -0.499. The van der Waals surface area contributed by atoms with Crippen molar-refractivity contribution in [1.82, 2.24) is 15.0 Å². The third-order valence-corrected chi connectivity index (χ3v) is 12.0. The fourth-order valence-electron chi connectivity index (χ4n) is 7.10. The molecule has 0 aliphatic carbocycles. The predicted octanol–water partition coefficient (Wildman–Crippen LogP) is 14.1. The van der Waals surface area contributed by atoms with Crippen LogP contribution in [0.5, 0.6) is 0 Å². The predicted molar refractivity (Wildman–Crippen MR) is 230 cm³/mol. The summed E-state index contributed by atoms with van der Waals surface area (Å²) in [6.07, 6.45) is 0. The van der Waals surface area contributed by atoms with Crippen LogP contribution < -0.4 is 0 Å². The van der Waals surface area contributed by atoms with E-state index >= 15 is 0 Å². The van der Waals surface area contributed by atoms with E-state index in [0.717, 1.165) is 38.1 Å². The third-order valence-electron chi connectivity index (χ3n) is 9.68. The SMILES string of the molecule is [2H]c1c([2H])c([2H])c2c(sc3c4c([2H])c([2H])c([2H])c([2H])c4c([2H])c([2H])c32)c1-c1ccc(-c2nc(-c3ccccc3)nc(-c3ccc4c(c3)sc3cccc(-c5ccccc5)c34)n2)cc1. The quantitative estimate of drug-likeness (QED) is 0.177. The lowest BCUT2D eigenvalue weighted by molar-refractivity contribution is 1.07. The number of thiophene rings is 2. The number of hydrogen-bond donors (Lipinski definition) is 0. The van der Waals surface area contributed by atoms with Crippen LogP contribution in [0.3, 0.4) is 0 Å². The van der Waals surface area contributed by atoms with Gasteiger partial charge in [-0.1, -0.05) is 164 Å². The Morgan fingerprint density at radius 2 is 1.02 bits per heavy atom. The maximum atomic E-state index is 9.10. The van der Waals surface area contributed by atoms with Gasteiger partial charge >= 0.3 is 0 Å². The van der Waals surface area contributed by atoms with E-state index in [0.29, 0.717) is 43.6 Å². The first-order valence-corrected chi connectivity index (χ1v) is 18.9. The van der Waals surface area contributed by atoms with Crippen molar-refractivity contribution >= 4 is 73.8 Å². The van der Waals surface area contributed by atoms with Crippen molar-refractivity contribution in [3.63, 3.8) is 0 Å². The minimum absolute atomic E-state index is 0.0767. The van der Waals surface area contributed by atoms with Gasteiger partial charge in [0.2, 0.25) is 0 Å². The number of hydrogen-bond acceptors (Lipinski definition) is 5. The number of fused-ring (bicyclic) bond motifs is 8. The molecule has 0 amide bonds. The van der Waals surface area contributed by atoms with Crippen LogP contribution in [0.15, 0.2) is 176 Å². The molecule has 0 atom stereocenters. The maximum absolute atomic E-state index is 9.10. The van der Waals surface area contributed by atoms with Crippen molar-refractivity contribution in [2.75, 3.05) is 0 Å². The van der Waals surface area contributed by atoms with Crippen LogP contribution in [0, 0.1) is 0 Å². The summed E-state index contributed by atoms with van der Waals surface area (Å²) in [5.74, 6) is 1.43. The van der Waals surface area contributed by atoms with Gasteiger partial charge in [0, 0.05) is 57.0 Å². The highest BCUT2D eigenvalue weighted by Crippen LogP contribution is 2.44. The molecular formula is C49H29N3S2. The monoisotopic (exact) mass is 732 g/mol. The summed E-state index contributed by atoms with van der Waals surface area (Å²) >= 11 is 2.83. The lowest BCUT2D eigenvalue weighted by Crippen LogP contribution is -2.00. The third kappa shape index (κ3) is 5.12. The van der Waals surface area contributed by atoms with Gasteiger partial charge in [0.25, 0.3) is 0 Å². The molecule has 0 radical (unpaired) electrons. The normalized spacial score (nSPS) is 14.0.